The van der Waals surface area contributed by atoms with Crippen molar-refractivity contribution < 1.29 is 4.79 Å². The maximum absolute atomic E-state index is 12.2. The van der Waals surface area contributed by atoms with E-state index in [1.165, 1.54) is 0 Å². The Hall–Kier alpha value is -3.32. The van der Waals surface area contributed by atoms with E-state index in [0.717, 1.165) is 32.2 Å². The molecule has 3 heterocycles. The van der Waals surface area contributed by atoms with Gasteiger partial charge in [-0.15, -0.1) is 11.3 Å². The fourth-order valence-electron chi connectivity index (χ4n) is 3.05. The summed E-state index contributed by atoms with van der Waals surface area (Å²) in [7, 11) is 1.95. The minimum atomic E-state index is -0.0110. The lowest BCUT2D eigenvalue weighted by Crippen LogP contribution is -2.29. The quantitative estimate of drug-likeness (QED) is 0.507. The zero-order valence-electron chi connectivity index (χ0n) is 16.1. The summed E-state index contributed by atoms with van der Waals surface area (Å²) >= 11 is 1.65. The molecule has 0 bridgehead atoms. The monoisotopic (exact) mass is 403 g/mol. The van der Waals surface area contributed by atoms with E-state index in [9.17, 15) is 4.79 Å². The first kappa shape index (κ1) is 19.0. The summed E-state index contributed by atoms with van der Waals surface area (Å²) in [4.78, 5) is 29.4. The molecule has 1 aromatic carbocycles. The van der Waals surface area contributed by atoms with Gasteiger partial charge in [0.05, 0.1) is 17.6 Å². The van der Waals surface area contributed by atoms with Gasteiger partial charge in [0.25, 0.3) is 0 Å². The fourth-order valence-corrected chi connectivity index (χ4v) is 4.05. The van der Waals surface area contributed by atoms with E-state index < -0.39 is 0 Å². The number of rotatable bonds is 7. The Morgan fingerprint density at radius 2 is 1.90 bits per heavy atom. The number of aromatic nitrogens is 3. The van der Waals surface area contributed by atoms with Crippen LogP contribution in [0.5, 0.6) is 0 Å². The van der Waals surface area contributed by atoms with E-state index in [1.807, 2.05) is 48.3 Å². The normalized spacial score (nSPS) is 10.8. The number of nitrogens with zero attached hydrogens (tertiary/aromatic N) is 4. The van der Waals surface area contributed by atoms with Gasteiger partial charge in [0.2, 0.25) is 5.91 Å². The van der Waals surface area contributed by atoms with Crippen LogP contribution in [0.2, 0.25) is 0 Å². The van der Waals surface area contributed by atoms with Gasteiger partial charge in [-0.1, -0.05) is 36.4 Å². The minimum Gasteiger partial charge on any atom is -0.359 e. The van der Waals surface area contributed by atoms with Gasteiger partial charge in [-0.3, -0.25) is 9.78 Å². The summed E-state index contributed by atoms with van der Waals surface area (Å²) in [5.41, 5.74) is 2.01. The van der Waals surface area contributed by atoms with Gasteiger partial charge >= 0.3 is 0 Å². The molecule has 0 aliphatic heterocycles. The second kappa shape index (κ2) is 8.79. The van der Waals surface area contributed by atoms with E-state index in [1.54, 1.807) is 23.9 Å². The highest BCUT2D eigenvalue weighted by molar-refractivity contribution is 7.21. The summed E-state index contributed by atoms with van der Waals surface area (Å²) in [5.74, 6) is 0.828. The van der Waals surface area contributed by atoms with Crippen molar-refractivity contribution in [3.8, 4) is 10.4 Å². The molecule has 0 aliphatic carbocycles. The number of thiophene rings is 1. The maximum Gasteiger partial charge on any atom is 0.222 e. The molecule has 0 saturated carbocycles. The van der Waals surface area contributed by atoms with Crippen LogP contribution in [0.3, 0.4) is 0 Å². The second-order valence-electron chi connectivity index (χ2n) is 6.66. The first-order valence-corrected chi connectivity index (χ1v) is 10.2. The predicted molar refractivity (Wildman–Crippen MR) is 117 cm³/mol. The fraction of sp³-hybridized carbons (Fsp3) is 0.182. The van der Waals surface area contributed by atoms with Crippen LogP contribution in [0.15, 0.2) is 67.1 Å². The van der Waals surface area contributed by atoms with Crippen molar-refractivity contribution in [3.05, 3.63) is 72.8 Å². The van der Waals surface area contributed by atoms with Crippen molar-refractivity contribution in [2.24, 2.45) is 0 Å². The highest BCUT2D eigenvalue weighted by Crippen LogP contribution is 2.35. The Morgan fingerprint density at radius 3 is 2.69 bits per heavy atom. The van der Waals surface area contributed by atoms with Crippen LogP contribution in [-0.2, 0) is 11.3 Å². The van der Waals surface area contributed by atoms with Crippen molar-refractivity contribution in [1.82, 2.24) is 20.3 Å². The zero-order valence-corrected chi connectivity index (χ0v) is 16.9. The number of amides is 1. The summed E-state index contributed by atoms with van der Waals surface area (Å²) < 4.78 is 0. The molecule has 0 saturated heterocycles. The molecule has 1 amide bonds. The Bertz CT molecular complexity index is 1100. The number of anilines is 1. The SMILES string of the molecule is CN(CCC(=O)NCc1ccccn1)c1ncnc2sc(-c3ccccc3)cc12. The Labute approximate surface area is 173 Å². The lowest BCUT2D eigenvalue weighted by Gasteiger charge is -2.18. The molecule has 0 unspecified atom stereocenters. The topological polar surface area (TPSA) is 71.0 Å². The molecule has 29 heavy (non-hydrogen) atoms. The van der Waals surface area contributed by atoms with Crippen LogP contribution in [0.4, 0.5) is 5.82 Å². The Morgan fingerprint density at radius 1 is 1.07 bits per heavy atom. The Kier molecular flexibility index (Phi) is 5.76. The molecule has 1 N–H and O–H groups in total. The lowest BCUT2D eigenvalue weighted by atomic mass is 10.2. The molecule has 0 atom stereocenters. The van der Waals surface area contributed by atoms with E-state index in [2.05, 4.69) is 38.5 Å². The molecule has 0 aliphatic rings. The van der Waals surface area contributed by atoms with Gasteiger partial charge in [0.15, 0.2) is 0 Å². The van der Waals surface area contributed by atoms with Crippen molar-refractivity contribution in [2.45, 2.75) is 13.0 Å². The molecule has 146 valence electrons. The number of carbonyl (C=O) groups is 1. The molecule has 0 radical (unpaired) electrons. The van der Waals surface area contributed by atoms with Gasteiger partial charge in [-0.25, -0.2) is 9.97 Å². The largest absolute Gasteiger partial charge is 0.359 e. The zero-order chi connectivity index (χ0) is 20.1. The third kappa shape index (κ3) is 4.57. The second-order valence-corrected chi connectivity index (χ2v) is 7.69. The maximum atomic E-state index is 12.2. The van der Waals surface area contributed by atoms with E-state index in [0.29, 0.717) is 19.5 Å². The molecule has 7 heteroatoms. The van der Waals surface area contributed by atoms with Crippen LogP contribution in [0, 0.1) is 0 Å². The van der Waals surface area contributed by atoms with E-state index in [-0.39, 0.29) is 5.91 Å². The van der Waals surface area contributed by atoms with Crippen molar-refractivity contribution in [2.75, 3.05) is 18.5 Å². The average Bonchev–Trinajstić information content (AvgIpc) is 3.22. The van der Waals surface area contributed by atoms with Gasteiger partial charge in [0, 0.05) is 31.1 Å². The molecule has 0 spiro atoms. The number of hydrogen-bond donors (Lipinski definition) is 1. The van der Waals surface area contributed by atoms with Gasteiger partial charge in [-0.2, -0.15) is 0 Å². The van der Waals surface area contributed by atoms with Crippen molar-refractivity contribution in [1.29, 1.82) is 0 Å². The van der Waals surface area contributed by atoms with Gasteiger partial charge in [0.1, 0.15) is 17.0 Å². The summed E-state index contributed by atoms with van der Waals surface area (Å²) in [6, 6.07) is 18.0. The third-order valence-electron chi connectivity index (χ3n) is 4.60. The number of fused-ring (bicyclic) bond motifs is 1. The standard InChI is InChI=1S/C22H21N5OS/c1-27(12-10-20(28)24-14-17-9-5-6-11-23-17)21-18-13-19(16-7-3-2-4-8-16)29-22(18)26-15-25-21/h2-9,11,13,15H,10,12,14H2,1H3,(H,24,28). The highest BCUT2D eigenvalue weighted by atomic mass is 32.1. The van der Waals surface area contributed by atoms with Crippen molar-refractivity contribution >= 4 is 33.3 Å². The first-order chi connectivity index (χ1) is 14.2. The molecule has 6 nitrogen and oxygen atoms in total. The van der Waals surface area contributed by atoms with Gasteiger partial charge in [-0.05, 0) is 23.8 Å². The number of nitrogens with one attached hydrogen (secondary N) is 1. The Balaban J connectivity index is 1.42. The molecule has 3 aromatic heterocycles. The molecular formula is C22H21N5OS. The highest BCUT2D eigenvalue weighted by Gasteiger charge is 2.14. The smallest absolute Gasteiger partial charge is 0.222 e. The summed E-state index contributed by atoms with van der Waals surface area (Å²) in [5, 5.41) is 3.92. The van der Waals surface area contributed by atoms with Crippen LogP contribution < -0.4 is 10.2 Å². The number of hydrogen-bond acceptors (Lipinski definition) is 6. The minimum absolute atomic E-state index is 0.0110. The molecule has 4 rings (SSSR count). The molecular weight excluding hydrogens is 382 g/mol. The van der Waals surface area contributed by atoms with Crippen molar-refractivity contribution in [3.63, 3.8) is 0 Å². The lowest BCUT2D eigenvalue weighted by molar-refractivity contribution is -0.121. The number of pyridine rings is 1. The average molecular weight is 404 g/mol. The van der Waals surface area contributed by atoms with E-state index in [4.69, 9.17) is 0 Å². The number of carbonyl (C=O) groups excluding carboxylic acids is 1. The van der Waals surface area contributed by atoms with E-state index >= 15 is 0 Å². The van der Waals surface area contributed by atoms with Gasteiger partial charge < -0.3 is 10.2 Å². The molecule has 4 aromatic rings. The van der Waals surface area contributed by atoms with Crippen LogP contribution in [0.25, 0.3) is 20.7 Å². The molecule has 0 fully saturated rings. The third-order valence-corrected chi connectivity index (χ3v) is 5.69. The number of benzene rings is 1. The van der Waals surface area contributed by atoms with Crippen LogP contribution in [-0.4, -0.2) is 34.5 Å². The van der Waals surface area contributed by atoms with Crippen LogP contribution >= 0.6 is 11.3 Å². The summed E-state index contributed by atoms with van der Waals surface area (Å²) in [6.45, 7) is 1.00. The van der Waals surface area contributed by atoms with Crippen LogP contribution in [0.1, 0.15) is 12.1 Å². The summed E-state index contributed by atoms with van der Waals surface area (Å²) in [6.07, 6.45) is 3.69. The first-order valence-electron chi connectivity index (χ1n) is 9.38. The predicted octanol–water partition coefficient (Wildman–Crippen LogP) is 3.90.